The summed E-state index contributed by atoms with van der Waals surface area (Å²) in [7, 11) is 0. The van der Waals surface area contributed by atoms with Gasteiger partial charge in [-0.15, -0.1) is 0 Å². The van der Waals surface area contributed by atoms with Crippen molar-refractivity contribution in [3.63, 3.8) is 0 Å². The summed E-state index contributed by atoms with van der Waals surface area (Å²) in [6, 6.07) is 9.28. The van der Waals surface area contributed by atoms with Crippen molar-refractivity contribution >= 4 is 22.6 Å². The van der Waals surface area contributed by atoms with E-state index in [1.54, 1.807) is 0 Å². The van der Waals surface area contributed by atoms with Crippen molar-refractivity contribution in [2.24, 2.45) is 11.8 Å². The molecule has 0 aromatic heterocycles. The van der Waals surface area contributed by atoms with E-state index in [4.69, 9.17) is 0 Å². The summed E-state index contributed by atoms with van der Waals surface area (Å²) in [5, 5.41) is 3.64. The predicted octanol–water partition coefficient (Wildman–Crippen LogP) is 3.99. The molecule has 1 fully saturated rings. The predicted molar refractivity (Wildman–Crippen MR) is 77.5 cm³/mol. The molecule has 1 aliphatic carbocycles. The zero-order valence-electron chi connectivity index (χ0n) is 10.0. The lowest BCUT2D eigenvalue weighted by Gasteiger charge is -2.17. The average molecular weight is 329 g/mol. The third-order valence-corrected chi connectivity index (χ3v) is 4.26. The van der Waals surface area contributed by atoms with Crippen molar-refractivity contribution in [1.29, 1.82) is 0 Å². The first-order valence-electron chi connectivity index (χ1n) is 6.15. The molecule has 2 unspecified atom stereocenters. The number of rotatable bonds is 5. The average Bonchev–Trinajstić information content (AvgIpc) is 3.10. The molecule has 0 aliphatic heterocycles. The maximum atomic E-state index is 3.64. The van der Waals surface area contributed by atoms with Crippen molar-refractivity contribution in [1.82, 2.24) is 5.32 Å². The Bertz CT molecular complexity index is 329. The summed E-state index contributed by atoms with van der Waals surface area (Å²) in [6.07, 6.45) is 2.89. The molecule has 0 amide bonds. The molecule has 0 spiro atoms. The monoisotopic (exact) mass is 329 g/mol. The first kappa shape index (κ1) is 12.4. The highest BCUT2D eigenvalue weighted by molar-refractivity contribution is 14.1. The molecule has 2 rings (SSSR count). The number of nitrogens with one attached hydrogen (secondary N) is 1. The van der Waals surface area contributed by atoms with Crippen LogP contribution in [-0.2, 0) is 0 Å². The van der Waals surface area contributed by atoms with Crippen molar-refractivity contribution in [3.05, 3.63) is 33.4 Å². The zero-order chi connectivity index (χ0) is 11.5. The van der Waals surface area contributed by atoms with E-state index in [0.29, 0.717) is 6.04 Å². The van der Waals surface area contributed by atoms with Crippen LogP contribution in [0, 0.1) is 15.4 Å². The Morgan fingerprint density at radius 2 is 1.88 bits per heavy atom. The topological polar surface area (TPSA) is 12.0 Å². The van der Waals surface area contributed by atoms with E-state index in [9.17, 15) is 0 Å². The molecule has 1 saturated carbocycles. The smallest absolute Gasteiger partial charge is 0.0291 e. The fourth-order valence-electron chi connectivity index (χ4n) is 2.06. The molecule has 1 aromatic rings. The van der Waals surface area contributed by atoms with Gasteiger partial charge in [0.05, 0.1) is 0 Å². The molecule has 2 heteroatoms. The molecule has 0 radical (unpaired) electrons. The van der Waals surface area contributed by atoms with Crippen LogP contribution in [0.5, 0.6) is 0 Å². The second-order valence-corrected chi connectivity index (χ2v) is 6.24. The Kier molecular flexibility index (Phi) is 4.25. The van der Waals surface area contributed by atoms with Gasteiger partial charge >= 0.3 is 0 Å². The summed E-state index contributed by atoms with van der Waals surface area (Å²) in [5.41, 5.74) is 1.39. The normalized spacial score (nSPS) is 19.4. The van der Waals surface area contributed by atoms with Crippen LogP contribution in [0.1, 0.15) is 38.3 Å². The minimum atomic E-state index is 0.471. The van der Waals surface area contributed by atoms with Crippen LogP contribution in [0.3, 0.4) is 0 Å². The van der Waals surface area contributed by atoms with Gasteiger partial charge in [-0.25, -0.2) is 0 Å². The fourth-order valence-corrected chi connectivity index (χ4v) is 2.42. The van der Waals surface area contributed by atoms with Crippen LogP contribution in [0.2, 0.25) is 0 Å². The Hall–Kier alpha value is -0.0900. The molecule has 1 aliphatic rings. The Morgan fingerprint density at radius 1 is 1.25 bits per heavy atom. The lowest BCUT2D eigenvalue weighted by Crippen LogP contribution is -2.25. The highest BCUT2D eigenvalue weighted by atomic mass is 127. The van der Waals surface area contributed by atoms with Crippen molar-refractivity contribution in [2.45, 2.75) is 32.7 Å². The van der Waals surface area contributed by atoms with Crippen molar-refractivity contribution in [3.8, 4) is 0 Å². The van der Waals surface area contributed by atoms with Gasteiger partial charge in [0, 0.05) is 9.61 Å². The van der Waals surface area contributed by atoms with E-state index in [0.717, 1.165) is 18.4 Å². The summed E-state index contributed by atoms with van der Waals surface area (Å²) >= 11 is 2.35. The first-order valence-corrected chi connectivity index (χ1v) is 7.23. The second kappa shape index (κ2) is 5.50. The highest BCUT2D eigenvalue weighted by Gasteiger charge is 2.27. The van der Waals surface area contributed by atoms with Gasteiger partial charge in [0.2, 0.25) is 0 Å². The standard InChI is InChI=1S/C14H20IN/c1-10(12-3-4-12)9-16-11(2)13-5-7-14(15)8-6-13/h5-8,10-12,16H,3-4,9H2,1-2H3. The molecule has 0 saturated heterocycles. The van der Waals surface area contributed by atoms with Gasteiger partial charge in [-0.3, -0.25) is 0 Å². The summed E-state index contributed by atoms with van der Waals surface area (Å²) in [4.78, 5) is 0. The molecular formula is C14H20IN. The second-order valence-electron chi connectivity index (χ2n) is 5.00. The Balaban J connectivity index is 1.82. The van der Waals surface area contributed by atoms with E-state index in [1.165, 1.54) is 22.0 Å². The van der Waals surface area contributed by atoms with Crippen LogP contribution in [0.15, 0.2) is 24.3 Å². The molecule has 1 aromatic carbocycles. The molecule has 0 bridgehead atoms. The largest absolute Gasteiger partial charge is 0.310 e. The summed E-state index contributed by atoms with van der Waals surface area (Å²) in [5.74, 6) is 1.84. The molecule has 88 valence electrons. The van der Waals surface area contributed by atoms with E-state index >= 15 is 0 Å². The van der Waals surface area contributed by atoms with Gasteiger partial charge in [0.1, 0.15) is 0 Å². The zero-order valence-corrected chi connectivity index (χ0v) is 12.2. The molecular weight excluding hydrogens is 309 g/mol. The molecule has 16 heavy (non-hydrogen) atoms. The number of hydrogen-bond donors (Lipinski definition) is 1. The summed E-state index contributed by atoms with van der Waals surface area (Å²) < 4.78 is 1.31. The molecule has 1 N–H and O–H groups in total. The molecule has 0 heterocycles. The van der Waals surface area contributed by atoms with E-state index in [2.05, 4.69) is 66.0 Å². The molecule has 2 atom stereocenters. The van der Waals surface area contributed by atoms with Crippen LogP contribution < -0.4 is 5.32 Å². The van der Waals surface area contributed by atoms with Gasteiger partial charge in [-0.1, -0.05) is 19.1 Å². The fraction of sp³-hybridized carbons (Fsp3) is 0.571. The van der Waals surface area contributed by atoms with Gasteiger partial charge in [-0.2, -0.15) is 0 Å². The number of halogens is 1. The maximum absolute atomic E-state index is 3.64. The van der Waals surface area contributed by atoms with Gasteiger partial charge in [-0.05, 0) is 78.4 Å². The minimum absolute atomic E-state index is 0.471. The van der Waals surface area contributed by atoms with E-state index < -0.39 is 0 Å². The van der Waals surface area contributed by atoms with Crippen molar-refractivity contribution in [2.75, 3.05) is 6.54 Å². The lowest BCUT2D eigenvalue weighted by molar-refractivity contribution is 0.432. The highest BCUT2D eigenvalue weighted by Crippen LogP contribution is 2.36. The number of benzene rings is 1. The minimum Gasteiger partial charge on any atom is -0.310 e. The van der Waals surface area contributed by atoms with Crippen LogP contribution in [0.25, 0.3) is 0 Å². The third-order valence-electron chi connectivity index (χ3n) is 3.54. The maximum Gasteiger partial charge on any atom is 0.0291 e. The Morgan fingerprint density at radius 3 is 2.44 bits per heavy atom. The third kappa shape index (κ3) is 3.45. The molecule has 1 nitrogen and oxygen atoms in total. The van der Waals surface area contributed by atoms with E-state index in [1.807, 2.05) is 0 Å². The van der Waals surface area contributed by atoms with Gasteiger partial charge in [0.25, 0.3) is 0 Å². The van der Waals surface area contributed by atoms with Gasteiger partial charge in [0.15, 0.2) is 0 Å². The van der Waals surface area contributed by atoms with Crippen LogP contribution >= 0.6 is 22.6 Å². The summed E-state index contributed by atoms with van der Waals surface area (Å²) in [6.45, 7) is 5.77. The van der Waals surface area contributed by atoms with Gasteiger partial charge < -0.3 is 5.32 Å². The Labute approximate surface area is 112 Å². The van der Waals surface area contributed by atoms with Crippen molar-refractivity contribution < 1.29 is 0 Å². The van der Waals surface area contributed by atoms with E-state index in [-0.39, 0.29) is 0 Å². The van der Waals surface area contributed by atoms with Crippen LogP contribution in [0.4, 0.5) is 0 Å². The first-order chi connectivity index (χ1) is 7.66. The lowest BCUT2D eigenvalue weighted by atomic mass is 10.0. The SMILES string of the molecule is CC(NCC(C)C1CC1)c1ccc(I)cc1. The van der Waals surface area contributed by atoms with Crippen LogP contribution in [-0.4, -0.2) is 6.54 Å². The quantitative estimate of drug-likeness (QED) is 0.806. The number of hydrogen-bond acceptors (Lipinski definition) is 1.